The average molecular weight is 352 g/mol. The van der Waals surface area contributed by atoms with Crippen molar-refractivity contribution in [3.8, 4) is 0 Å². The molecule has 1 fully saturated rings. The van der Waals surface area contributed by atoms with Crippen molar-refractivity contribution in [2.75, 3.05) is 26.3 Å². The smallest absolute Gasteiger partial charge is 0.245 e. The van der Waals surface area contributed by atoms with Gasteiger partial charge in [-0.15, -0.1) is 0 Å². The number of carbonyl (C=O) groups excluding carboxylic acids is 2. The molecule has 0 unspecified atom stereocenters. The van der Waals surface area contributed by atoms with Gasteiger partial charge in [-0.25, -0.2) is 0 Å². The van der Waals surface area contributed by atoms with E-state index in [-0.39, 0.29) is 11.8 Å². The molecule has 1 atom stereocenters. The van der Waals surface area contributed by atoms with Crippen LogP contribution in [0.3, 0.4) is 0 Å². The lowest BCUT2D eigenvalue weighted by molar-refractivity contribution is -0.139. The first-order valence-corrected chi connectivity index (χ1v) is 8.93. The van der Waals surface area contributed by atoms with E-state index in [9.17, 15) is 9.59 Å². The Balaban J connectivity index is 1.76. The zero-order chi connectivity index (χ0) is 18.4. The Labute approximate surface area is 154 Å². The number of nitrogens with zero attached hydrogens (tertiary/aromatic N) is 1. The summed E-state index contributed by atoms with van der Waals surface area (Å²) >= 11 is 0. The van der Waals surface area contributed by atoms with Crippen molar-refractivity contribution < 1.29 is 14.3 Å². The first kappa shape index (κ1) is 18.1. The van der Waals surface area contributed by atoms with Crippen LogP contribution in [0.4, 0.5) is 0 Å². The maximum atomic E-state index is 13.0. The second-order valence-corrected chi connectivity index (χ2v) is 6.42. The summed E-state index contributed by atoms with van der Waals surface area (Å²) in [7, 11) is 0. The molecule has 2 amide bonds. The van der Waals surface area contributed by atoms with E-state index < -0.39 is 12.0 Å². The Bertz CT molecular complexity index is 688. The molecular weight excluding hydrogens is 328 g/mol. The summed E-state index contributed by atoms with van der Waals surface area (Å²) in [5, 5.41) is 2.90. The highest BCUT2D eigenvalue weighted by atomic mass is 16.5. The zero-order valence-electron chi connectivity index (χ0n) is 14.9. The predicted molar refractivity (Wildman–Crippen MR) is 99.7 cm³/mol. The van der Waals surface area contributed by atoms with Crippen molar-refractivity contribution >= 4 is 11.8 Å². The van der Waals surface area contributed by atoms with Gasteiger partial charge >= 0.3 is 0 Å². The van der Waals surface area contributed by atoms with Gasteiger partial charge in [0.05, 0.1) is 19.1 Å². The van der Waals surface area contributed by atoms with Crippen LogP contribution in [-0.4, -0.2) is 49.1 Å². The topological polar surface area (TPSA) is 58.6 Å². The van der Waals surface area contributed by atoms with Crippen LogP contribution in [0.5, 0.6) is 0 Å². The first-order chi connectivity index (χ1) is 12.7. The van der Waals surface area contributed by atoms with Gasteiger partial charge in [0.1, 0.15) is 6.04 Å². The highest BCUT2D eigenvalue weighted by Crippen LogP contribution is 2.25. The monoisotopic (exact) mass is 352 g/mol. The van der Waals surface area contributed by atoms with Crippen molar-refractivity contribution in [2.24, 2.45) is 0 Å². The largest absolute Gasteiger partial charge is 0.378 e. The molecule has 136 valence electrons. The lowest BCUT2D eigenvalue weighted by Gasteiger charge is -2.30. The van der Waals surface area contributed by atoms with Gasteiger partial charge in [0, 0.05) is 13.1 Å². The zero-order valence-corrected chi connectivity index (χ0v) is 14.9. The third kappa shape index (κ3) is 4.29. The van der Waals surface area contributed by atoms with Crippen LogP contribution in [0.25, 0.3) is 0 Å². The van der Waals surface area contributed by atoms with Crippen LogP contribution in [0.1, 0.15) is 24.0 Å². The number of benzene rings is 2. The van der Waals surface area contributed by atoms with Gasteiger partial charge in [-0.1, -0.05) is 60.7 Å². The molecule has 2 aromatic carbocycles. The van der Waals surface area contributed by atoms with E-state index in [0.717, 1.165) is 11.1 Å². The van der Waals surface area contributed by atoms with E-state index in [2.05, 4.69) is 5.32 Å². The third-order valence-electron chi connectivity index (χ3n) is 4.58. The number of morpholine rings is 1. The van der Waals surface area contributed by atoms with Crippen LogP contribution in [0.2, 0.25) is 0 Å². The van der Waals surface area contributed by atoms with E-state index in [0.29, 0.717) is 26.3 Å². The van der Waals surface area contributed by atoms with Gasteiger partial charge in [-0.3, -0.25) is 9.59 Å². The van der Waals surface area contributed by atoms with Gasteiger partial charge in [0.2, 0.25) is 11.8 Å². The minimum Gasteiger partial charge on any atom is -0.378 e. The van der Waals surface area contributed by atoms with Crippen molar-refractivity contribution in [1.82, 2.24) is 10.2 Å². The van der Waals surface area contributed by atoms with E-state index in [1.807, 2.05) is 60.7 Å². The second-order valence-electron chi connectivity index (χ2n) is 6.42. The quantitative estimate of drug-likeness (QED) is 0.897. The van der Waals surface area contributed by atoms with Gasteiger partial charge in [-0.05, 0) is 18.1 Å². The molecule has 1 N–H and O–H groups in total. The second kappa shape index (κ2) is 8.63. The SMILES string of the molecule is C[C@H](NC(=O)C(c1ccccc1)c1ccccc1)C(=O)N1CCOCC1. The maximum absolute atomic E-state index is 13.0. The number of hydrogen-bond acceptors (Lipinski definition) is 3. The number of nitrogens with one attached hydrogen (secondary N) is 1. The molecule has 2 aromatic rings. The lowest BCUT2D eigenvalue weighted by Crippen LogP contribution is -2.51. The summed E-state index contributed by atoms with van der Waals surface area (Å²) in [4.78, 5) is 27.4. The summed E-state index contributed by atoms with van der Waals surface area (Å²) in [6.07, 6.45) is 0. The number of rotatable bonds is 5. The standard InChI is InChI=1S/C21H24N2O3/c1-16(21(25)23-12-14-26-15-13-23)22-20(24)19(17-8-4-2-5-9-17)18-10-6-3-7-11-18/h2-11,16,19H,12-15H2,1H3,(H,22,24)/t16-/m0/s1. The summed E-state index contributed by atoms with van der Waals surface area (Å²) in [6, 6.07) is 18.7. The predicted octanol–water partition coefficient (Wildman–Crippen LogP) is 2.18. The van der Waals surface area contributed by atoms with Crippen molar-refractivity contribution in [1.29, 1.82) is 0 Å². The Morgan fingerprint density at radius 1 is 0.923 bits per heavy atom. The summed E-state index contributed by atoms with van der Waals surface area (Å²) < 4.78 is 5.28. The fraction of sp³-hybridized carbons (Fsp3) is 0.333. The molecule has 1 heterocycles. The van der Waals surface area contributed by atoms with Crippen LogP contribution in [0, 0.1) is 0 Å². The van der Waals surface area contributed by atoms with Gasteiger partial charge < -0.3 is 15.0 Å². The van der Waals surface area contributed by atoms with E-state index in [1.54, 1.807) is 11.8 Å². The summed E-state index contributed by atoms with van der Waals surface area (Å²) in [6.45, 7) is 3.97. The number of hydrogen-bond donors (Lipinski definition) is 1. The van der Waals surface area contributed by atoms with Crippen molar-refractivity contribution in [3.63, 3.8) is 0 Å². The van der Waals surface area contributed by atoms with Crippen LogP contribution < -0.4 is 5.32 Å². The van der Waals surface area contributed by atoms with Crippen LogP contribution in [-0.2, 0) is 14.3 Å². The Kier molecular flexibility index (Phi) is 6.02. The molecule has 0 bridgehead atoms. The fourth-order valence-corrected chi connectivity index (χ4v) is 3.20. The average Bonchev–Trinajstić information content (AvgIpc) is 2.70. The van der Waals surface area contributed by atoms with E-state index in [1.165, 1.54) is 0 Å². The van der Waals surface area contributed by atoms with E-state index in [4.69, 9.17) is 4.74 Å². The third-order valence-corrected chi connectivity index (χ3v) is 4.58. The maximum Gasteiger partial charge on any atom is 0.245 e. The highest BCUT2D eigenvalue weighted by molar-refractivity contribution is 5.92. The molecule has 1 aliphatic rings. The van der Waals surface area contributed by atoms with Gasteiger partial charge in [-0.2, -0.15) is 0 Å². The number of ether oxygens (including phenoxy) is 1. The molecule has 0 aliphatic carbocycles. The number of amides is 2. The Morgan fingerprint density at radius 3 is 1.92 bits per heavy atom. The molecular formula is C21H24N2O3. The number of carbonyl (C=O) groups is 2. The van der Waals surface area contributed by atoms with Crippen molar-refractivity contribution in [2.45, 2.75) is 18.9 Å². The summed E-state index contributed by atoms with van der Waals surface area (Å²) in [5.74, 6) is -0.685. The first-order valence-electron chi connectivity index (χ1n) is 8.93. The Morgan fingerprint density at radius 2 is 1.42 bits per heavy atom. The van der Waals surface area contributed by atoms with Gasteiger partial charge in [0.25, 0.3) is 0 Å². The summed E-state index contributed by atoms with van der Waals surface area (Å²) in [5.41, 5.74) is 1.81. The fourth-order valence-electron chi connectivity index (χ4n) is 3.20. The minimum atomic E-state index is -0.574. The molecule has 1 saturated heterocycles. The molecule has 3 rings (SSSR count). The molecule has 1 aliphatic heterocycles. The molecule has 0 saturated carbocycles. The molecule has 26 heavy (non-hydrogen) atoms. The highest BCUT2D eigenvalue weighted by Gasteiger charge is 2.28. The molecule has 0 radical (unpaired) electrons. The molecule has 5 heteroatoms. The molecule has 5 nitrogen and oxygen atoms in total. The van der Waals surface area contributed by atoms with Gasteiger partial charge in [0.15, 0.2) is 0 Å². The molecule has 0 aromatic heterocycles. The Hall–Kier alpha value is -2.66. The normalized spacial score (nSPS) is 15.5. The minimum absolute atomic E-state index is 0.0680. The van der Waals surface area contributed by atoms with Crippen LogP contribution >= 0.6 is 0 Å². The van der Waals surface area contributed by atoms with E-state index >= 15 is 0 Å². The van der Waals surface area contributed by atoms with Crippen molar-refractivity contribution in [3.05, 3.63) is 71.8 Å². The lowest BCUT2D eigenvalue weighted by atomic mass is 9.90. The van der Waals surface area contributed by atoms with Crippen LogP contribution in [0.15, 0.2) is 60.7 Å². The molecule has 0 spiro atoms.